The van der Waals surface area contributed by atoms with E-state index in [-0.39, 0.29) is 5.75 Å². The van der Waals surface area contributed by atoms with E-state index in [1.807, 2.05) is 6.07 Å². The Bertz CT molecular complexity index is 526. The normalized spacial score (nSPS) is 21.0. The van der Waals surface area contributed by atoms with Crippen molar-refractivity contribution in [2.45, 2.75) is 24.6 Å². The molecule has 1 fully saturated rings. The third-order valence-corrected chi connectivity index (χ3v) is 4.89. The van der Waals surface area contributed by atoms with E-state index in [2.05, 4.69) is 0 Å². The summed E-state index contributed by atoms with van der Waals surface area (Å²) in [4.78, 5) is 11.0. The Morgan fingerprint density at radius 2 is 2.00 bits per heavy atom. The summed E-state index contributed by atoms with van der Waals surface area (Å²) in [6, 6.07) is 7.89. The molecule has 1 saturated heterocycles. The summed E-state index contributed by atoms with van der Waals surface area (Å²) in [6.07, 6.45) is 0.994. The molecule has 18 heavy (non-hydrogen) atoms. The van der Waals surface area contributed by atoms with Crippen LogP contribution in [0.3, 0.4) is 0 Å². The lowest BCUT2D eigenvalue weighted by Gasteiger charge is -2.20. The van der Waals surface area contributed by atoms with Crippen molar-refractivity contribution in [2.24, 2.45) is 0 Å². The number of hydrogen-bond donors (Lipinski definition) is 1. The molecule has 1 N–H and O–H groups in total. The molecule has 1 atom stereocenters. The van der Waals surface area contributed by atoms with Crippen molar-refractivity contribution in [3.05, 3.63) is 35.9 Å². The predicted octanol–water partition coefficient (Wildman–Crippen LogP) is 1.07. The van der Waals surface area contributed by atoms with Crippen LogP contribution in [-0.4, -0.2) is 36.4 Å². The Labute approximate surface area is 106 Å². The van der Waals surface area contributed by atoms with Crippen LogP contribution in [-0.2, 0) is 20.6 Å². The standard InChI is InChI=1S/C12H15NO4S/c14-12(15)11-7-4-8-13(11)18(16,17)9-10-5-2-1-3-6-10/h1-3,5-6,11H,4,7-9H2,(H,14,15)/t11-/m1/s1. The molecule has 2 rings (SSSR count). The molecule has 1 aliphatic heterocycles. The zero-order valence-electron chi connectivity index (χ0n) is 9.82. The highest BCUT2D eigenvalue weighted by molar-refractivity contribution is 7.88. The van der Waals surface area contributed by atoms with Crippen molar-refractivity contribution in [2.75, 3.05) is 6.54 Å². The van der Waals surface area contributed by atoms with E-state index in [9.17, 15) is 13.2 Å². The van der Waals surface area contributed by atoms with Crippen LogP contribution in [0.15, 0.2) is 30.3 Å². The topological polar surface area (TPSA) is 74.7 Å². The van der Waals surface area contributed by atoms with Crippen LogP contribution in [0, 0.1) is 0 Å². The highest BCUT2D eigenvalue weighted by Crippen LogP contribution is 2.23. The van der Waals surface area contributed by atoms with Gasteiger partial charge in [-0.1, -0.05) is 30.3 Å². The number of aliphatic carboxylic acids is 1. The zero-order valence-corrected chi connectivity index (χ0v) is 10.6. The van der Waals surface area contributed by atoms with Crippen molar-refractivity contribution in [1.29, 1.82) is 0 Å². The minimum atomic E-state index is -3.55. The number of rotatable bonds is 4. The highest BCUT2D eigenvalue weighted by Gasteiger charge is 2.38. The van der Waals surface area contributed by atoms with Gasteiger partial charge in [0.1, 0.15) is 6.04 Å². The lowest BCUT2D eigenvalue weighted by molar-refractivity contribution is -0.140. The van der Waals surface area contributed by atoms with Gasteiger partial charge in [0.25, 0.3) is 0 Å². The molecule has 0 radical (unpaired) electrons. The van der Waals surface area contributed by atoms with E-state index in [4.69, 9.17) is 5.11 Å². The Hall–Kier alpha value is -1.40. The minimum absolute atomic E-state index is 0.141. The molecule has 0 aromatic heterocycles. The van der Waals surface area contributed by atoms with Crippen LogP contribution in [0.25, 0.3) is 0 Å². The Morgan fingerprint density at radius 1 is 1.33 bits per heavy atom. The van der Waals surface area contributed by atoms with Gasteiger partial charge in [-0.05, 0) is 18.4 Å². The molecule has 0 bridgehead atoms. The maximum absolute atomic E-state index is 12.2. The second-order valence-electron chi connectivity index (χ2n) is 4.35. The van der Waals surface area contributed by atoms with E-state index in [0.717, 1.165) is 4.31 Å². The Kier molecular flexibility index (Phi) is 3.68. The SMILES string of the molecule is O=C(O)[C@H]1CCCN1S(=O)(=O)Cc1ccccc1. The number of sulfonamides is 1. The molecule has 1 aliphatic rings. The van der Waals surface area contributed by atoms with Crippen molar-refractivity contribution >= 4 is 16.0 Å². The van der Waals surface area contributed by atoms with Gasteiger partial charge in [-0.3, -0.25) is 4.79 Å². The second-order valence-corrected chi connectivity index (χ2v) is 6.27. The average molecular weight is 269 g/mol. The molecule has 0 aliphatic carbocycles. The first-order valence-corrected chi connectivity index (χ1v) is 7.38. The summed E-state index contributed by atoms with van der Waals surface area (Å²) < 4.78 is 25.5. The number of carboxylic acids is 1. The number of carboxylic acid groups (broad SMARTS) is 1. The third-order valence-electron chi connectivity index (χ3n) is 3.04. The molecule has 0 saturated carbocycles. The summed E-state index contributed by atoms with van der Waals surface area (Å²) >= 11 is 0. The third kappa shape index (κ3) is 2.70. The monoisotopic (exact) mass is 269 g/mol. The number of carbonyl (C=O) groups is 1. The van der Waals surface area contributed by atoms with Crippen molar-refractivity contribution in [3.8, 4) is 0 Å². The first kappa shape index (κ1) is 13.0. The van der Waals surface area contributed by atoms with Crippen LogP contribution < -0.4 is 0 Å². The van der Waals surface area contributed by atoms with Gasteiger partial charge in [0.05, 0.1) is 5.75 Å². The van der Waals surface area contributed by atoms with E-state index >= 15 is 0 Å². The first-order valence-electron chi connectivity index (χ1n) is 5.77. The van der Waals surface area contributed by atoms with Gasteiger partial charge in [0.15, 0.2) is 0 Å². The van der Waals surface area contributed by atoms with Gasteiger partial charge in [0, 0.05) is 6.54 Å². The fraction of sp³-hybridized carbons (Fsp3) is 0.417. The van der Waals surface area contributed by atoms with Gasteiger partial charge in [0.2, 0.25) is 10.0 Å². The van der Waals surface area contributed by atoms with Crippen molar-refractivity contribution in [3.63, 3.8) is 0 Å². The van der Waals surface area contributed by atoms with Crippen LogP contribution in [0.5, 0.6) is 0 Å². The van der Waals surface area contributed by atoms with E-state index in [1.54, 1.807) is 24.3 Å². The van der Waals surface area contributed by atoms with Crippen LogP contribution >= 0.6 is 0 Å². The van der Waals surface area contributed by atoms with Gasteiger partial charge < -0.3 is 5.11 Å². The summed E-state index contributed by atoms with van der Waals surface area (Å²) in [5, 5.41) is 9.01. The molecule has 5 nitrogen and oxygen atoms in total. The van der Waals surface area contributed by atoms with Crippen LogP contribution in [0.2, 0.25) is 0 Å². The summed E-state index contributed by atoms with van der Waals surface area (Å²) in [6.45, 7) is 0.298. The number of nitrogens with zero attached hydrogens (tertiary/aromatic N) is 1. The van der Waals surface area contributed by atoms with Gasteiger partial charge in [-0.25, -0.2) is 8.42 Å². The summed E-state index contributed by atoms with van der Waals surface area (Å²) in [7, 11) is -3.55. The summed E-state index contributed by atoms with van der Waals surface area (Å²) in [5.41, 5.74) is 0.675. The molecule has 0 spiro atoms. The fourth-order valence-corrected chi connectivity index (χ4v) is 3.96. The second kappa shape index (κ2) is 5.07. The molecule has 0 amide bonds. The molecule has 6 heteroatoms. The average Bonchev–Trinajstić information content (AvgIpc) is 2.79. The van der Waals surface area contributed by atoms with Crippen LogP contribution in [0.4, 0.5) is 0 Å². The Morgan fingerprint density at radius 3 is 2.61 bits per heavy atom. The lowest BCUT2D eigenvalue weighted by Crippen LogP contribution is -2.40. The molecule has 1 aromatic rings. The van der Waals surface area contributed by atoms with Gasteiger partial charge >= 0.3 is 5.97 Å². The highest BCUT2D eigenvalue weighted by atomic mass is 32.2. The first-order chi connectivity index (χ1) is 8.50. The van der Waals surface area contributed by atoms with E-state index < -0.39 is 22.0 Å². The Balaban J connectivity index is 2.19. The molecular weight excluding hydrogens is 254 g/mol. The minimum Gasteiger partial charge on any atom is -0.480 e. The quantitative estimate of drug-likeness (QED) is 0.887. The largest absolute Gasteiger partial charge is 0.480 e. The lowest BCUT2D eigenvalue weighted by atomic mass is 10.2. The molecule has 1 heterocycles. The maximum atomic E-state index is 12.2. The molecular formula is C12H15NO4S. The fourth-order valence-electron chi connectivity index (χ4n) is 2.19. The van der Waals surface area contributed by atoms with Crippen LogP contribution in [0.1, 0.15) is 18.4 Å². The number of benzene rings is 1. The predicted molar refractivity (Wildman–Crippen MR) is 66.4 cm³/mol. The zero-order chi connectivity index (χ0) is 13.2. The smallest absolute Gasteiger partial charge is 0.322 e. The molecule has 98 valence electrons. The molecule has 1 aromatic carbocycles. The van der Waals surface area contributed by atoms with Gasteiger partial charge in [-0.2, -0.15) is 4.31 Å². The maximum Gasteiger partial charge on any atom is 0.322 e. The van der Waals surface area contributed by atoms with E-state index in [0.29, 0.717) is 24.9 Å². The summed E-state index contributed by atoms with van der Waals surface area (Å²) in [5.74, 6) is -1.21. The number of hydrogen-bond acceptors (Lipinski definition) is 3. The van der Waals surface area contributed by atoms with E-state index in [1.165, 1.54) is 0 Å². The van der Waals surface area contributed by atoms with Crippen molar-refractivity contribution in [1.82, 2.24) is 4.31 Å². The van der Waals surface area contributed by atoms with Gasteiger partial charge in [-0.15, -0.1) is 0 Å². The molecule has 0 unspecified atom stereocenters. The van der Waals surface area contributed by atoms with Crippen molar-refractivity contribution < 1.29 is 18.3 Å².